The van der Waals surface area contributed by atoms with Gasteiger partial charge in [0, 0.05) is 0 Å². The van der Waals surface area contributed by atoms with Gasteiger partial charge in [-0.25, -0.2) is 4.79 Å². The normalized spacial score (nSPS) is 23.4. The Bertz CT molecular complexity index is 409. The summed E-state index contributed by atoms with van der Waals surface area (Å²) in [6.07, 6.45) is 9.63. The van der Waals surface area contributed by atoms with Crippen LogP contribution in [0.1, 0.15) is 56.9 Å². The van der Waals surface area contributed by atoms with Crippen LogP contribution in [0.5, 0.6) is 0 Å². The molecule has 2 nitrogen and oxygen atoms in total. The summed E-state index contributed by atoms with van der Waals surface area (Å²) in [5, 5.41) is 0. The van der Waals surface area contributed by atoms with Crippen molar-refractivity contribution < 1.29 is 4.79 Å². The molecule has 1 fully saturated rings. The number of benzene rings is 1. The average molecular weight is 243 g/mol. The Hall–Kier alpha value is -1.40. The fraction of sp³-hybridized carbons (Fsp3) is 0.562. The molecular weight excluding hydrogens is 222 g/mol. The lowest BCUT2D eigenvalue weighted by Gasteiger charge is -2.28. The third-order valence-corrected chi connectivity index (χ3v) is 4.08. The van der Waals surface area contributed by atoms with Crippen molar-refractivity contribution in [2.24, 2.45) is 10.9 Å². The number of nitrogens with zero attached hydrogens (tertiary/aromatic N) is 1. The molecule has 1 aromatic rings. The molecule has 0 saturated heterocycles. The van der Waals surface area contributed by atoms with Gasteiger partial charge in [-0.2, -0.15) is 4.99 Å². The predicted molar refractivity (Wildman–Crippen MR) is 73.8 cm³/mol. The average Bonchev–Trinajstić information content (AvgIpc) is 2.41. The highest BCUT2D eigenvalue weighted by Gasteiger charge is 2.21. The molecule has 0 heterocycles. The van der Waals surface area contributed by atoms with E-state index in [1.807, 2.05) is 12.1 Å². The van der Waals surface area contributed by atoms with E-state index in [0.29, 0.717) is 11.6 Å². The summed E-state index contributed by atoms with van der Waals surface area (Å²) in [5.41, 5.74) is 2.10. The third kappa shape index (κ3) is 3.30. The second kappa shape index (κ2) is 6.51. The standard InChI is InChI=1S/C16H21NO/c1-2-3-13-4-6-14(7-5-13)15-8-10-16(11-9-15)17-12-18/h8-11,13-14H,2-7H2,1H3. The molecule has 1 aliphatic rings. The molecule has 0 radical (unpaired) electrons. The van der Waals surface area contributed by atoms with Gasteiger partial charge in [-0.3, -0.25) is 0 Å². The van der Waals surface area contributed by atoms with Gasteiger partial charge in [0.25, 0.3) is 0 Å². The van der Waals surface area contributed by atoms with Crippen molar-refractivity contribution in [1.29, 1.82) is 0 Å². The van der Waals surface area contributed by atoms with Crippen molar-refractivity contribution in [3.05, 3.63) is 29.8 Å². The fourth-order valence-corrected chi connectivity index (χ4v) is 3.07. The summed E-state index contributed by atoms with van der Waals surface area (Å²) >= 11 is 0. The van der Waals surface area contributed by atoms with Gasteiger partial charge in [0.05, 0.1) is 5.69 Å². The number of isocyanates is 1. The highest BCUT2D eigenvalue weighted by atomic mass is 16.1. The molecule has 18 heavy (non-hydrogen) atoms. The van der Waals surface area contributed by atoms with Crippen molar-refractivity contribution in [3.63, 3.8) is 0 Å². The second-order valence-corrected chi connectivity index (χ2v) is 5.30. The maximum atomic E-state index is 10.2. The molecule has 0 N–H and O–H groups in total. The van der Waals surface area contributed by atoms with Crippen molar-refractivity contribution in [3.8, 4) is 0 Å². The number of hydrogen-bond acceptors (Lipinski definition) is 2. The summed E-state index contributed by atoms with van der Waals surface area (Å²) in [4.78, 5) is 13.8. The van der Waals surface area contributed by atoms with Crippen LogP contribution in [0, 0.1) is 5.92 Å². The van der Waals surface area contributed by atoms with Crippen LogP contribution >= 0.6 is 0 Å². The second-order valence-electron chi connectivity index (χ2n) is 5.30. The van der Waals surface area contributed by atoms with Crippen LogP contribution in [-0.4, -0.2) is 6.08 Å². The smallest absolute Gasteiger partial charge is 0.211 e. The Morgan fingerprint density at radius 3 is 2.39 bits per heavy atom. The molecule has 0 aromatic heterocycles. The van der Waals surface area contributed by atoms with Crippen molar-refractivity contribution in [1.82, 2.24) is 0 Å². The highest BCUT2D eigenvalue weighted by molar-refractivity contribution is 5.49. The van der Waals surface area contributed by atoms with Crippen molar-refractivity contribution in [2.75, 3.05) is 0 Å². The summed E-state index contributed by atoms with van der Waals surface area (Å²) in [5.74, 6) is 1.65. The van der Waals surface area contributed by atoms with Gasteiger partial charge in [0.15, 0.2) is 0 Å². The van der Waals surface area contributed by atoms with Gasteiger partial charge >= 0.3 is 0 Å². The molecule has 0 aliphatic heterocycles. The van der Waals surface area contributed by atoms with Gasteiger partial charge in [-0.15, -0.1) is 0 Å². The number of carbonyl (C=O) groups excluding carboxylic acids is 1. The van der Waals surface area contributed by atoms with Crippen molar-refractivity contribution in [2.45, 2.75) is 51.4 Å². The van der Waals surface area contributed by atoms with Crippen LogP contribution in [0.3, 0.4) is 0 Å². The topological polar surface area (TPSA) is 29.4 Å². The van der Waals surface area contributed by atoms with Crippen LogP contribution in [0.2, 0.25) is 0 Å². The van der Waals surface area contributed by atoms with E-state index in [-0.39, 0.29) is 0 Å². The Morgan fingerprint density at radius 2 is 1.83 bits per heavy atom. The molecule has 0 spiro atoms. The van der Waals surface area contributed by atoms with Crippen LogP contribution in [0.15, 0.2) is 29.3 Å². The molecule has 1 aliphatic carbocycles. The minimum atomic E-state index is 0.701. The molecule has 0 bridgehead atoms. The van der Waals surface area contributed by atoms with Gasteiger partial charge in [0.1, 0.15) is 0 Å². The van der Waals surface area contributed by atoms with Gasteiger partial charge < -0.3 is 0 Å². The zero-order chi connectivity index (χ0) is 12.8. The monoisotopic (exact) mass is 243 g/mol. The lowest BCUT2D eigenvalue weighted by molar-refractivity contribution is 0.308. The van der Waals surface area contributed by atoms with E-state index in [9.17, 15) is 4.79 Å². The van der Waals surface area contributed by atoms with E-state index in [1.165, 1.54) is 44.1 Å². The van der Waals surface area contributed by atoms with E-state index in [1.54, 1.807) is 6.08 Å². The summed E-state index contributed by atoms with van der Waals surface area (Å²) < 4.78 is 0. The first-order valence-electron chi connectivity index (χ1n) is 7.01. The number of aliphatic imine (C=N–C) groups is 1. The van der Waals surface area contributed by atoms with Crippen LogP contribution < -0.4 is 0 Å². The molecule has 1 saturated carbocycles. The van der Waals surface area contributed by atoms with Crippen LogP contribution in [0.25, 0.3) is 0 Å². The molecule has 1 aromatic carbocycles. The Labute approximate surface area is 109 Å². The number of hydrogen-bond donors (Lipinski definition) is 0. The lowest BCUT2D eigenvalue weighted by atomic mass is 9.77. The zero-order valence-electron chi connectivity index (χ0n) is 11.1. The third-order valence-electron chi connectivity index (χ3n) is 4.08. The summed E-state index contributed by atoms with van der Waals surface area (Å²) in [6, 6.07) is 8.05. The molecule has 0 amide bonds. The molecule has 0 unspecified atom stereocenters. The first kappa shape index (κ1) is 13.0. The van der Waals surface area contributed by atoms with E-state index >= 15 is 0 Å². The first-order chi connectivity index (χ1) is 8.83. The SMILES string of the molecule is CCCC1CCC(c2ccc(N=C=O)cc2)CC1. The maximum absolute atomic E-state index is 10.2. The molecule has 2 rings (SSSR count). The molecule has 0 atom stereocenters. The van der Waals surface area contributed by atoms with E-state index in [0.717, 1.165) is 5.92 Å². The minimum Gasteiger partial charge on any atom is -0.211 e. The minimum absolute atomic E-state index is 0.701. The highest BCUT2D eigenvalue weighted by Crippen LogP contribution is 2.37. The molecule has 2 heteroatoms. The van der Waals surface area contributed by atoms with Gasteiger partial charge in [-0.1, -0.05) is 31.9 Å². The molecular formula is C16H21NO. The van der Waals surface area contributed by atoms with Gasteiger partial charge in [0.2, 0.25) is 6.08 Å². The number of rotatable bonds is 4. The van der Waals surface area contributed by atoms with E-state index in [4.69, 9.17) is 0 Å². The Kier molecular flexibility index (Phi) is 4.72. The van der Waals surface area contributed by atoms with E-state index < -0.39 is 0 Å². The predicted octanol–water partition coefficient (Wildman–Crippen LogP) is 4.73. The largest absolute Gasteiger partial charge is 0.240 e. The first-order valence-corrected chi connectivity index (χ1v) is 7.01. The zero-order valence-corrected chi connectivity index (χ0v) is 11.1. The van der Waals surface area contributed by atoms with Crippen LogP contribution in [-0.2, 0) is 4.79 Å². The van der Waals surface area contributed by atoms with Gasteiger partial charge in [-0.05, 0) is 55.2 Å². The molecule has 96 valence electrons. The van der Waals surface area contributed by atoms with Crippen LogP contribution in [0.4, 0.5) is 5.69 Å². The summed E-state index contributed by atoms with van der Waals surface area (Å²) in [6.45, 7) is 2.28. The Balaban J connectivity index is 1.94. The Morgan fingerprint density at radius 1 is 1.17 bits per heavy atom. The van der Waals surface area contributed by atoms with E-state index in [2.05, 4.69) is 24.0 Å². The summed E-state index contributed by atoms with van der Waals surface area (Å²) in [7, 11) is 0. The quantitative estimate of drug-likeness (QED) is 0.555. The fourth-order valence-electron chi connectivity index (χ4n) is 3.07. The maximum Gasteiger partial charge on any atom is 0.240 e. The lowest BCUT2D eigenvalue weighted by Crippen LogP contribution is -2.13. The van der Waals surface area contributed by atoms with Crippen molar-refractivity contribution >= 4 is 11.8 Å².